The number of methoxy groups -OCH3 is 1. The highest BCUT2D eigenvalue weighted by Crippen LogP contribution is 2.14. The summed E-state index contributed by atoms with van der Waals surface area (Å²) >= 11 is 0. The number of likely N-dealkylation sites (N-methyl/N-ethyl adjacent to an activating group) is 1. The first-order chi connectivity index (χ1) is 11.5. The maximum Gasteiger partial charge on any atom is 0.413 e. The van der Waals surface area contributed by atoms with E-state index in [4.69, 9.17) is 4.74 Å². The van der Waals surface area contributed by atoms with Gasteiger partial charge in [0.25, 0.3) is 0 Å². The van der Waals surface area contributed by atoms with Crippen molar-refractivity contribution in [2.75, 3.05) is 38.7 Å². The Kier molecular flexibility index (Phi) is 8.28. The van der Waals surface area contributed by atoms with E-state index in [1.54, 1.807) is 43.2 Å². The molecule has 0 atom stereocenters. The lowest BCUT2D eigenvalue weighted by Crippen LogP contribution is -2.43. The van der Waals surface area contributed by atoms with Gasteiger partial charge in [0.15, 0.2) is 0 Å². The van der Waals surface area contributed by atoms with Crippen molar-refractivity contribution in [3.8, 4) is 5.75 Å². The van der Waals surface area contributed by atoms with E-state index in [0.29, 0.717) is 18.0 Å². The third-order valence-electron chi connectivity index (χ3n) is 3.07. The Hall–Kier alpha value is -2.61. The molecule has 0 saturated heterocycles. The predicted molar refractivity (Wildman–Crippen MR) is 88.9 cm³/mol. The summed E-state index contributed by atoms with van der Waals surface area (Å²) in [6.07, 6.45) is -0.791. The van der Waals surface area contributed by atoms with Gasteiger partial charge in [-0.25, -0.2) is 4.79 Å². The normalized spacial score (nSPS) is 10.2. The molecule has 132 valence electrons. The van der Waals surface area contributed by atoms with Gasteiger partial charge in [-0.05, 0) is 37.7 Å². The van der Waals surface area contributed by atoms with E-state index in [9.17, 15) is 14.4 Å². The molecule has 0 unspecified atom stereocenters. The van der Waals surface area contributed by atoms with E-state index in [1.807, 2.05) is 6.92 Å². The molecule has 0 aliphatic carbocycles. The number of rotatable bonds is 8. The number of nitrogens with zero attached hydrogens (tertiary/aromatic N) is 1. The monoisotopic (exact) mass is 337 g/mol. The van der Waals surface area contributed by atoms with Crippen molar-refractivity contribution >= 4 is 23.6 Å². The summed E-state index contributed by atoms with van der Waals surface area (Å²) in [4.78, 5) is 36.5. The first-order valence-electron chi connectivity index (χ1n) is 7.61. The molecule has 1 aromatic rings. The van der Waals surface area contributed by atoms with Gasteiger partial charge >= 0.3 is 6.09 Å². The third kappa shape index (κ3) is 7.10. The number of anilines is 1. The van der Waals surface area contributed by atoms with Crippen LogP contribution in [-0.4, -0.2) is 56.2 Å². The van der Waals surface area contributed by atoms with E-state index in [1.165, 1.54) is 0 Å². The number of hydrogen-bond donors (Lipinski definition) is 2. The Morgan fingerprint density at radius 1 is 1.04 bits per heavy atom. The summed E-state index contributed by atoms with van der Waals surface area (Å²) < 4.78 is 9.67. The van der Waals surface area contributed by atoms with Gasteiger partial charge < -0.3 is 14.8 Å². The molecule has 0 saturated carbocycles. The minimum atomic E-state index is -0.791. The lowest BCUT2D eigenvalue weighted by Gasteiger charge is -2.19. The highest BCUT2D eigenvalue weighted by atomic mass is 16.5. The van der Waals surface area contributed by atoms with Crippen LogP contribution in [-0.2, 0) is 14.3 Å². The highest BCUT2D eigenvalue weighted by molar-refractivity contribution is 5.94. The minimum absolute atomic E-state index is 0.0266. The molecule has 1 rings (SSSR count). The number of nitrogens with one attached hydrogen (secondary N) is 2. The van der Waals surface area contributed by atoms with Crippen LogP contribution in [0.5, 0.6) is 5.75 Å². The molecular formula is C16H23N3O5. The second-order valence-electron chi connectivity index (χ2n) is 4.85. The highest BCUT2D eigenvalue weighted by Gasteiger charge is 2.15. The Balaban J connectivity index is 2.46. The van der Waals surface area contributed by atoms with Crippen molar-refractivity contribution in [2.24, 2.45) is 0 Å². The number of alkyl carbamates (subject to hydrolysis) is 1. The van der Waals surface area contributed by atoms with Crippen molar-refractivity contribution in [2.45, 2.75) is 13.8 Å². The van der Waals surface area contributed by atoms with E-state index >= 15 is 0 Å². The largest absolute Gasteiger partial charge is 0.497 e. The maximum atomic E-state index is 12.0. The zero-order valence-corrected chi connectivity index (χ0v) is 14.1. The number of carbonyl (C=O) groups is 3. The summed E-state index contributed by atoms with van der Waals surface area (Å²) in [5.41, 5.74) is 0.632. The lowest BCUT2D eigenvalue weighted by atomic mass is 10.3. The first-order valence-corrected chi connectivity index (χ1v) is 7.61. The Morgan fingerprint density at radius 2 is 1.67 bits per heavy atom. The average molecular weight is 337 g/mol. The fraction of sp³-hybridized carbons (Fsp3) is 0.438. The van der Waals surface area contributed by atoms with E-state index in [2.05, 4.69) is 15.4 Å². The van der Waals surface area contributed by atoms with Crippen LogP contribution in [0.1, 0.15) is 13.8 Å². The molecule has 8 nitrogen and oxygen atoms in total. The van der Waals surface area contributed by atoms with Gasteiger partial charge in [-0.15, -0.1) is 0 Å². The molecule has 0 bridgehead atoms. The molecule has 0 spiro atoms. The number of carbonyl (C=O) groups excluding carboxylic acids is 3. The fourth-order valence-corrected chi connectivity index (χ4v) is 1.88. The standard InChI is InChI=1S/C16H23N3O5/c1-4-19(11-15(21)18-16(22)24-5-2)10-14(20)17-12-6-8-13(23-3)9-7-12/h6-9H,4-5,10-11H2,1-3H3,(H,17,20)(H,18,21,22). The number of hydrogen-bond acceptors (Lipinski definition) is 6. The van der Waals surface area contributed by atoms with Gasteiger partial charge in [0, 0.05) is 5.69 Å². The summed E-state index contributed by atoms with van der Waals surface area (Å²) in [6, 6.07) is 6.92. The zero-order chi connectivity index (χ0) is 17.9. The van der Waals surface area contributed by atoms with Crippen LogP contribution < -0.4 is 15.4 Å². The Morgan fingerprint density at radius 3 is 2.21 bits per heavy atom. The molecule has 0 aromatic heterocycles. The zero-order valence-electron chi connectivity index (χ0n) is 14.1. The SMILES string of the molecule is CCOC(=O)NC(=O)CN(CC)CC(=O)Nc1ccc(OC)cc1. The molecule has 3 amide bonds. The minimum Gasteiger partial charge on any atom is -0.497 e. The fourth-order valence-electron chi connectivity index (χ4n) is 1.88. The summed E-state index contributed by atoms with van der Waals surface area (Å²) in [5, 5.41) is 4.83. The van der Waals surface area contributed by atoms with Crippen molar-refractivity contribution in [1.82, 2.24) is 10.2 Å². The Labute approximate surface area is 141 Å². The Bertz CT molecular complexity index is 559. The quantitative estimate of drug-likeness (QED) is 0.740. The van der Waals surface area contributed by atoms with Crippen LogP contribution in [0.25, 0.3) is 0 Å². The van der Waals surface area contributed by atoms with E-state index in [-0.39, 0.29) is 25.6 Å². The topological polar surface area (TPSA) is 97.0 Å². The maximum absolute atomic E-state index is 12.0. The third-order valence-corrected chi connectivity index (χ3v) is 3.07. The van der Waals surface area contributed by atoms with Gasteiger partial charge in [0.2, 0.25) is 11.8 Å². The van der Waals surface area contributed by atoms with Crippen molar-refractivity contribution in [1.29, 1.82) is 0 Å². The smallest absolute Gasteiger partial charge is 0.413 e. The molecule has 0 radical (unpaired) electrons. The number of imide groups is 1. The van der Waals surface area contributed by atoms with Gasteiger partial charge in [-0.2, -0.15) is 0 Å². The summed E-state index contributed by atoms with van der Waals surface area (Å²) in [5.74, 6) is -0.0858. The van der Waals surface area contributed by atoms with Gasteiger partial charge in [-0.3, -0.25) is 19.8 Å². The second kappa shape index (κ2) is 10.2. The van der Waals surface area contributed by atoms with Crippen LogP contribution in [0.2, 0.25) is 0 Å². The van der Waals surface area contributed by atoms with E-state index in [0.717, 1.165) is 0 Å². The van der Waals surface area contributed by atoms with Crippen LogP contribution in [0.3, 0.4) is 0 Å². The molecule has 8 heteroatoms. The van der Waals surface area contributed by atoms with Gasteiger partial charge in [-0.1, -0.05) is 6.92 Å². The van der Waals surface area contributed by atoms with Gasteiger partial charge in [0.05, 0.1) is 26.8 Å². The summed E-state index contributed by atoms with van der Waals surface area (Å²) in [7, 11) is 1.56. The molecule has 0 heterocycles. The van der Waals surface area contributed by atoms with Crippen LogP contribution in [0, 0.1) is 0 Å². The molecule has 2 N–H and O–H groups in total. The molecule has 24 heavy (non-hydrogen) atoms. The van der Waals surface area contributed by atoms with Crippen LogP contribution in [0.4, 0.5) is 10.5 Å². The van der Waals surface area contributed by atoms with Crippen molar-refractivity contribution in [3.05, 3.63) is 24.3 Å². The van der Waals surface area contributed by atoms with Crippen LogP contribution in [0.15, 0.2) is 24.3 Å². The second-order valence-corrected chi connectivity index (χ2v) is 4.85. The van der Waals surface area contributed by atoms with Crippen molar-refractivity contribution < 1.29 is 23.9 Å². The van der Waals surface area contributed by atoms with E-state index < -0.39 is 12.0 Å². The van der Waals surface area contributed by atoms with Gasteiger partial charge in [0.1, 0.15) is 5.75 Å². The van der Waals surface area contributed by atoms with Crippen LogP contribution >= 0.6 is 0 Å². The average Bonchev–Trinajstić information content (AvgIpc) is 2.54. The molecule has 0 aliphatic heterocycles. The first kappa shape index (κ1) is 19.4. The lowest BCUT2D eigenvalue weighted by molar-refractivity contribution is -0.122. The molecule has 0 aliphatic rings. The van der Waals surface area contributed by atoms with Crippen molar-refractivity contribution in [3.63, 3.8) is 0 Å². The molecular weight excluding hydrogens is 314 g/mol. The number of ether oxygens (including phenoxy) is 2. The molecule has 1 aromatic carbocycles. The summed E-state index contributed by atoms with van der Waals surface area (Å²) in [6.45, 7) is 4.07. The number of benzene rings is 1. The predicted octanol–water partition coefficient (Wildman–Crippen LogP) is 1.23. The molecule has 0 fully saturated rings. The number of amides is 3.